The van der Waals surface area contributed by atoms with E-state index in [0.717, 1.165) is 37.8 Å². The molecular weight excluding hydrogens is 270 g/mol. The van der Waals surface area contributed by atoms with Crippen molar-refractivity contribution in [3.8, 4) is 11.5 Å². The lowest BCUT2D eigenvalue weighted by Crippen LogP contribution is -2.28. The number of carboxylic acids is 1. The van der Waals surface area contributed by atoms with Crippen LogP contribution in [0.5, 0.6) is 11.5 Å². The Morgan fingerprint density at radius 2 is 2.05 bits per heavy atom. The Morgan fingerprint density at radius 3 is 2.67 bits per heavy atom. The van der Waals surface area contributed by atoms with E-state index in [1.165, 1.54) is 7.11 Å². The highest BCUT2D eigenvalue weighted by molar-refractivity contribution is 5.69. The molecule has 0 bridgehead atoms. The first-order valence-corrected chi connectivity index (χ1v) is 7.40. The van der Waals surface area contributed by atoms with E-state index in [4.69, 9.17) is 9.84 Å². The second-order valence-electron chi connectivity index (χ2n) is 5.65. The number of carboxylic acid groups (broad SMARTS) is 1. The van der Waals surface area contributed by atoms with E-state index in [2.05, 4.69) is 5.32 Å². The number of benzene rings is 1. The van der Waals surface area contributed by atoms with Crippen LogP contribution in [0.15, 0.2) is 18.2 Å². The molecule has 5 nitrogen and oxygen atoms in total. The molecule has 1 saturated carbocycles. The number of hydrogen-bond acceptors (Lipinski definition) is 4. The third-order valence-electron chi connectivity index (χ3n) is 4.25. The molecule has 1 fully saturated rings. The van der Waals surface area contributed by atoms with Crippen molar-refractivity contribution in [3.05, 3.63) is 23.8 Å². The van der Waals surface area contributed by atoms with Gasteiger partial charge in [-0.1, -0.05) is 12.1 Å². The monoisotopic (exact) mass is 293 g/mol. The lowest BCUT2D eigenvalue weighted by molar-refractivity contribution is -0.143. The minimum atomic E-state index is -0.664. The molecule has 1 aliphatic rings. The van der Waals surface area contributed by atoms with Gasteiger partial charge in [0.25, 0.3) is 0 Å². The Kier molecular flexibility index (Phi) is 5.44. The second-order valence-corrected chi connectivity index (χ2v) is 5.65. The summed E-state index contributed by atoms with van der Waals surface area (Å²) in [4.78, 5) is 10.9. The summed E-state index contributed by atoms with van der Waals surface area (Å²) in [5, 5.41) is 22.3. The van der Waals surface area contributed by atoms with Crippen molar-refractivity contribution in [2.75, 3.05) is 13.7 Å². The average molecular weight is 293 g/mol. The Balaban J connectivity index is 1.77. The molecule has 0 aliphatic heterocycles. The first-order chi connectivity index (χ1) is 10.1. The summed E-state index contributed by atoms with van der Waals surface area (Å²) in [7, 11) is 1.53. The fraction of sp³-hybridized carbons (Fsp3) is 0.562. The first kappa shape index (κ1) is 15.6. The number of ether oxygens (including phenoxy) is 1. The molecule has 0 heterocycles. The Bertz CT molecular complexity index is 481. The highest BCUT2D eigenvalue weighted by atomic mass is 16.5. The van der Waals surface area contributed by atoms with E-state index in [0.29, 0.717) is 18.2 Å². The Morgan fingerprint density at radius 1 is 1.33 bits per heavy atom. The summed E-state index contributed by atoms with van der Waals surface area (Å²) < 4.78 is 5.08. The Hall–Kier alpha value is -1.75. The number of nitrogens with one attached hydrogen (secondary N) is 1. The highest BCUT2D eigenvalue weighted by Gasteiger charge is 2.25. The lowest BCUT2D eigenvalue weighted by Gasteiger charge is -2.26. The van der Waals surface area contributed by atoms with Gasteiger partial charge < -0.3 is 20.3 Å². The molecule has 0 spiro atoms. The van der Waals surface area contributed by atoms with Crippen LogP contribution in [0.1, 0.15) is 31.2 Å². The van der Waals surface area contributed by atoms with Gasteiger partial charge >= 0.3 is 5.97 Å². The van der Waals surface area contributed by atoms with E-state index < -0.39 is 5.97 Å². The molecule has 0 unspecified atom stereocenters. The quantitative estimate of drug-likeness (QED) is 0.750. The highest BCUT2D eigenvalue weighted by Crippen LogP contribution is 2.30. The van der Waals surface area contributed by atoms with Crippen molar-refractivity contribution in [2.45, 2.75) is 32.2 Å². The number of phenols is 1. The van der Waals surface area contributed by atoms with Crippen molar-refractivity contribution >= 4 is 5.97 Å². The van der Waals surface area contributed by atoms with E-state index in [-0.39, 0.29) is 11.7 Å². The van der Waals surface area contributed by atoms with Gasteiger partial charge in [0.2, 0.25) is 0 Å². The van der Waals surface area contributed by atoms with Gasteiger partial charge in [-0.3, -0.25) is 4.79 Å². The maximum atomic E-state index is 10.9. The number of aliphatic carboxylic acids is 1. The molecule has 1 aromatic carbocycles. The van der Waals surface area contributed by atoms with E-state index >= 15 is 0 Å². The van der Waals surface area contributed by atoms with E-state index in [9.17, 15) is 9.90 Å². The predicted octanol–water partition coefficient (Wildman–Crippen LogP) is 2.38. The number of rotatable bonds is 6. The number of phenolic OH excluding ortho intramolecular Hbond substituents is 1. The molecule has 3 N–H and O–H groups in total. The van der Waals surface area contributed by atoms with Crippen LogP contribution < -0.4 is 10.1 Å². The van der Waals surface area contributed by atoms with Crippen LogP contribution in [-0.2, 0) is 11.3 Å². The summed E-state index contributed by atoms with van der Waals surface area (Å²) in [6, 6.07) is 5.45. The van der Waals surface area contributed by atoms with E-state index in [1.54, 1.807) is 6.07 Å². The van der Waals surface area contributed by atoms with Crippen LogP contribution in [0, 0.1) is 11.8 Å². The lowest BCUT2D eigenvalue weighted by atomic mass is 9.82. The first-order valence-electron chi connectivity index (χ1n) is 7.40. The molecule has 21 heavy (non-hydrogen) atoms. The van der Waals surface area contributed by atoms with Gasteiger partial charge in [-0.25, -0.2) is 0 Å². The molecule has 0 saturated heterocycles. The molecule has 0 amide bonds. The number of methoxy groups -OCH3 is 1. The summed E-state index contributed by atoms with van der Waals surface area (Å²) in [6.07, 6.45) is 3.44. The molecule has 1 aliphatic carbocycles. The zero-order chi connectivity index (χ0) is 15.2. The van der Waals surface area contributed by atoms with Gasteiger partial charge in [0.05, 0.1) is 13.0 Å². The minimum absolute atomic E-state index is 0.163. The van der Waals surface area contributed by atoms with Crippen LogP contribution in [0.4, 0.5) is 0 Å². The number of hydrogen-bond donors (Lipinski definition) is 3. The summed E-state index contributed by atoms with van der Waals surface area (Å²) in [6.45, 7) is 1.44. The molecular formula is C16H23NO4. The van der Waals surface area contributed by atoms with Crippen LogP contribution in [0.2, 0.25) is 0 Å². The number of carbonyl (C=O) groups is 1. The third-order valence-corrected chi connectivity index (χ3v) is 4.25. The minimum Gasteiger partial charge on any atom is -0.504 e. The van der Waals surface area contributed by atoms with Crippen LogP contribution in [0.3, 0.4) is 0 Å². The SMILES string of the molecule is COc1cccc(CNCC2CCC(C(=O)O)CC2)c1O. The maximum absolute atomic E-state index is 10.9. The van der Waals surface area contributed by atoms with Crippen LogP contribution >= 0.6 is 0 Å². The van der Waals surface area contributed by atoms with Gasteiger partial charge in [0, 0.05) is 12.1 Å². The fourth-order valence-electron chi connectivity index (χ4n) is 2.90. The second kappa shape index (κ2) is 7.31. The third kappa shape index (κ3) is 4.11. The summed E-state index contributed by atoms with van der Waals surface area (Å²) >= 11 is 0. The molecule has 5 heteroatoms. The van der Waals surface area contributed by atoms with Crippen LogP contribution in [0.25, 0.3) is 0 Å². The van der Waals surface area contributed by atoms with Crippen molar-refractivity contribution in [2.24, 2.45) is 11.8 Å². The van der Waals surface area contributed by atoms with Crippen molar-refractivity contribution in [1.82, 2.24) is 5.32 Å². The number of aromatic hydroxyl groups is 1. The van der Waals surface area contributed by atoms with Crippen LogP contribution in [-0.4, -0.2) is 29.8 Å². The summed E-state index contributed by atoms with van der Waals surface area (Å²) in [5.41, 5.74) is 0.813. The average Bonchev–Trinajstić information content (AvgIpc) is 2.49. The van der Waals surface area contributed by atoms with Gasteiger partial charge in [-0.2, -0.15) is 0 Å². The summed E-state index contributed by atoms with van der Waals surface area (Å²) in [5.74, 6) is 0.359. The van der Waals surface area contributed by atoms with Crippen molar-refractivity contribution in [3.63, 3.8) is 0 Å². The van der Waals surface area contributed by atoms with Gasteiger partial charge in [-0.05, 0) is 44.2 Å². The molecule has 116 valence electrons. The topological polar surface area (TPSA) is 78.8 Å². The zero-order valence-corrected chi connectivity index (χ0v) is 12.3. The van der Waals surface area contributed by atoms with Gasteiger partial charge in [0.15, 0.2) is 11.5 Å². The largest absolute Gasteiger partial charge is 0.504 e. The van der Waals surface area contributed by atoms with Gasteiger partial charge in [0.1, 0.15) is 0 Å². The van der Waals surface area contributed by atoms with Gasteiger partial charge in [-0.15, -0.1) is 0 Å². The van der Waals surface area contributed by atoms with Crippen molar-refractivity contribution < 1.29 is 19.7 Å². The number of para-hydroxylation sites is 1. The molecule has 0 radical (unpaired) electrons. The smallest absolute Gasteiger partial charge is 0.306 e. The fourth-order valence-corrected chi connectivity index (χ4v) is 2.90. The molecule has 1 aromatic rings. The molecule has 2 rings (SSSR count). The van der Waals surface area contributed by atoms with Crippen molar-refractivity contribution in [1.29, 1.82) is 0 Å². The standard InChI is InChI=1S/C16H23NO4/c1-21-14-4-2-3-13(15(14)18)10-17-9-11-5-7-12(8-6-11)16(19)20/h2-4,11-12,17-18H,5-10H2,1H3,(H,19,20). The zero-order valence-electron chi connectivity index (χ0n) is 12.3. The predicted molar refractivity (Wildman–Crippen MR) is 79.4 cm³/mol. The Labute approximate surface area is 124 Å². The van der Waals surface area contributed by atoms with E-state index in [1.807, 2.05) is 12.1 Å². The molecule has 0 aromatic heterocycles. The molecule has 0 atom stereocenters. The maximum Gasteiger partial charge on any atom is 0.306 e. The normalized spacial score (nSPS) is 22.0.